The number of nitrogens with one attached hydrogen (secondary N) is 1. The lowest BCUT2D eigenvalue weighted by molar-refractivity contribution is 0.0471. The number of benzene rings is 1. The van der Waals surface area contributed by atoms with Gasteiger partial charge in [-0.3, -0.25) is 0 Å². The first-order valence-electron chi connectivity index (χ1n) is 7.28. The van der Waals surface area contributed by atoms with Crippen molar-refractivity contribution >= 4 is 6.09 Å². The van der Waals surface area contributed by atoms with Crippen molar-refractivity contribution in [1.29, 1.82) is 5.26 Å². The SMILES string of the molecule is Cc1ccc(C#N)c(C2CC(NC(=O)OC(C)(C)C)C2)c1. The second-order valence-electron chi connectivity index (χ2n) is 6.71. The van der Waals surface area contributed by atoms with E-state index in [-0.39, 0.29) is 12.1 Å². The molecule has 1 aliphatic rings. The van der Waals surface area contributed by atoms with Gasteiger partial charge in [-0.2, -0.15) is 5.26 Å². The number of nitriles is 1. The van der Waals surface area contributed by atoms with Crippen LogP contribution in [0.3, 0.4) is 0 Å². The molecule has 1 saturated carbocycles. The summed E-state index contributed by atoms with van der Waals surface area (Å²) < 4.78 is 5.25. The van der Waals surface area contributed by atoms with Gasteiger partial charge in [0.15, 0.2) is 0 Å². The number of nitrogens with zero attached hydrogens (tertiary/aromatic N) is 1. The molecule has 1 fully saturated rings. The minimum Gasteiger partial charge on any atom is -0.444 e. The summed E-state index contributed by atoms with van der Waals surface area (Å²) in [5.74, 6) is 0.347. The number of carbonyl (C=O) groups excluding carboxylic acids is 1. The molecule has 0 unspecified atom stereocenters. The molecule has 1 aromatic rings. The third kappa shape index (κ3) is 3.98. The highest BCUT2D eigenvalue weighted by Crippen LogP contribution is 2.38. The van der Waals surface area contributed by atoms with Crippen LogP contribution in [0.4, 0.5) is 4.79 Å². The van der Waals surface area contributed by atoms with Crippen molar-refractivity contribution in [3.05, 3.63) is 34.9 Å². The number of alkyl carbamates (subject to hydrolysis) is 1. The van der Waals surface area contributed by atoms with E-state index in [0.29, 0.717) is 5.92 Å². The molecule has 0 bridgehead atoms. The molecule has 0 radical (unpaired) electrons. The summed E-state index contributed by atoms with van der Waals surface area (Å²) in [7, 11) is 0. The largest absolute Gasteiger partial charge is 0.444 e. The van der Waals surface area contributed by atoms with Crippen LogP contribution in [0.1, 0.15) is 56.2 Å². The second-order valence-corrected chi connectivity index (χ2v) is 6.71. The quantitative estimate of drug-likeness (QED) is 0.902. The average Bonchev–Trinajstić information content (AvgIpc) is 2.31. The molecule has 21 heavy (non-hydrogen) atoms. The fraction of sp³-hybridized carbons (Fsp3) is 0.529. The van der Waals surface area contributed by atoms with Crippen molar-refractivity contribution in [2.45, 2.75) is 58.1 Å². The van der Waals surface area contributed by atoms with Crippen molar-refractivity contribution in [3.63, 3.8) is 0 Å². The Bertz CT molecular complexity index is 575. The third-order valence-corrected chi connectivity index (χ3v) is 3.63. The first-order valence-corrected chi connectivity index (χ1v) is 7.28. The molecular formula is C17H22N2O2. The molecular weight excluding hydrogens is 264 g/mol. The van der Waals surface area contributed by atoms with Gasteiger partial charge in [0.25, 0.3) is 0 Å². The maximum absolute atomic E-state index is 11.7. The van der Waals surface area contributed by atoms with E-state index in [2.05, 4.69) is 17.5 Å². The first-order chi connectivity index (χ1) is 9.78. The zero-order valence-corrected chi connectivity index (χ0v) is 13.1. The summed E-state index contributed by atoms with van der Waals surface area (Å²) in [5, 5.41) is 12.1. The van der Waals surface area contributed by atoms with E-state index >= 15 is 0 Å². The van der Waals surface area contributed by atoms with Crippen molar-refractivity contribution in [3.8, 4) is 6.07 Å². The van der Waals surface area contributed by atoms with Gasteiger partial charge < -0.3 is 10.1 Å². The van der Waals surface area contributed by atoms with Gasteiger partial charge in [-0.15, -0.1) is 0 Å². The summed E-state index contributed by atoms with van der Waals surface area (Å²) in [6.07, 6.45) is 1.35. The Kier molecular flexibility index (Phi) is 4.22. The molecule has 1 aromatic carbocycles. The smallest absolute Gasteiger partial charge is 0.407 e. The normalized spacial score (nSPS) is 21.1. The van der Waals surface area contributed by atoms with Gasteiger partial charge in [0.2, 0.25) is 0 Å². The van der Waals surface area contributed by atoms with Crippen LogP contribution < -0.4 is 5.32 Å². The van der Waals surface area contributed by atoms with Gasteiger partial charge in [-0.25, -0.2) is 4.79 Å². The maximum atomic E-state index is 11.7. The van der Waals surface area contributed by atoms with Crippen molar-refractivity contribution in [2.24, 2.45) is 0 Å². The van der Waals surface area contributed by atoms with Crippen LogP contribution >= 0.6 is 0 Å². The van der Waals surface area contributed by atoms with E-state index in [9.17, 15) is 10.1 Å². The Morgan fingerprint density at radius 2 is 2.05 bits per heavy atom. The molecule has 1 aliphatic carbocycles. The van der Waals surface area contributed by atoms with Crippen molar-refractivity contribution < 1.29 is 9.53 Å². The first kappa shape index (κ1) is 15.4. The summed E-state index contributed by atoms with van der Waals surface area (Å²) in [4.78, 5) is 11.7. The topological polar surface area (TPSA) is 62.1 Å². The molecule has 0 saturated heterocycles. The molecule has 0 heterocycles. The Morgan fingerprint density at radius 1 is 1.38 bits per heavy atom. The third-order valence-electron chi connectivity index (χ3n) is 3.63. The highest BCUT2D eigenvalue weighted by Gasteiger charge is 2.33. The lowest BCUT2D eigenvalue weighted by Crippen LogP contribution is -2.45. The van der Waals surface area contributed by atoms with E-state index < -0.39 is 5.60 Å². The average molecular weight is 286 g/mol. The molecule has 1 N–H and O–H groups in total. The number of ether oxygens (including phenoxy) is 1. The Labute approximate surface area is 126 Å². The van der Waals surface area contributed by atoms with Crippen molar-refractivity contribution in [2.75, 3.05) is 0 Å². The maximum Gasteiger partial charge on any atom is 0.407 e. The molecule has 1 amide bonds. The number of hydrogen-bond acceptors (Lipinski definition) is 3. The fourth-order valence-corrected chi connectivity index (χ4v) is 2.59. The Hall–Kier alpha value is -2.02. The van der Waals surface area contributed by atoms with Crippen LogP contribution in [0.15, 0.2) is 18.2 Å². The number of amides is 1. The highest BCUT2D eigenvalue weighted by molar-refractivity contribution is 5.68. The van der Waals surface area contributed by atoms with Gasteiger partial charge in [-0.05, 0) is 58.1 Å². The summed E-state index contributed by atoms with van der Waals surface area (Å²) in [6.45, 7) is 7.58. The van der Waals surface area contributed by atoms with Crippen LogP contribution in [0.25, 0.3) is 0 Å². The second kappa shape index (κ2) is 5.77. The highest BCUT2D eigenvalue weighted by atomic mass is 16.6. The van der Waals surface area contributed by atoms with E-state index in [1.54, 1.807) is 0 Å². The van der Waals surface area contributed by atoms with E-state index in [1.807, 2.05) is 39.8 Å². The summed E-state index contributed by atoms with van der Waals surface area (Å²) in [5.41, 5.74) is 2.52. The molecule has 0 aliphatic heterocycles. The summed E-state index contributed by atoms with van der Waals surface area (Å²) in [6, 6.07) is 8.29. The van der Waals surface area contributed by atoms with Gasteiger partial charge in [0.1, 0.15) is 5.60 Å². The molecule has 4 heteroatoms. The van der Waals surface area contributed by atoms with Crippen LogP contribution in [0.5, 0.6) is 0 Å². The minimum atomic E-state index is -0.474. The van der Waals surface area contributed by atoms with Gasteiger partial charge in [0.05, 0.1) is 11.6 Å². The Morgan fingerprint density at radius 3 is 2.62 bits per heavy atom. The molecule has 0 spiro atoms. The predicted molar refractivity (Wildman–Crippen MR) is 81.0 cm³/mol. The van der Waals surface area contributed by atoms with Crippen LogP contribution in [0.2, 0.25) is 0 Å². The zero-order valence-electron chi connectivity index (χ0n) is 13.1. The van der Waals surface area contributed by atoms with E-state index in [0.717, 1.165) is 29.5 Å². The van der Waals surface area contributed by atoms with Gasteiger partial charge >= 0.3 is 6.09 Å². The Balaban J connectivity index is 1.91. The molecule has 4 nitrogen and oxygen atoms in total. The number of aryl methyl sites for hydroxylation is 1. The van der Waals surface area contributed by atoms with Crippen LogP contribution in [-0.4, -0.2) is 17.7 Å². The lowest BCUT2D eigenvalue weighted by Gasteiger charge is -2.37. The molecule has 0 aromatic heterocycles. The number of rotatable bonds is 2. The van der Waals surface area contributed by atoms with Crippen LogP contribution in [0, 0.1) is 18.3 Å². The minimum absolute atomic E-state index is 0.136. The molecule has 2 rings (SSSR count). The van der Waals surface area contributed by atoms with E-state index in [4.69, 9.17) is 4.74 Å². The fourth-order valence-electron chi connectivity index (χ4n) is 2.59. The number of hydrogen-bond donors (Lipinski definition) is 1. The molecule has 0 atom stereocenters. The standard InChI is InChI=1S/C17H22N2O2/c1-11-5-6-12(10-18)15(7-11)13-8-14(9-13)19-16(20)21-17(2,3)4/h5-7,13-14H,8-9H2,1-4H3,(H,19,20). The summed E-state index contributed by atoms with van der Waals surface area (Å²) >= 11 is 0. The number of carbonyl (C=O) groups is 1. The van der Waals surface area contributed by atoms with Gasteiger partial charge in [0, 0.05) is 6.04 Å². The van der Waals surface area contributed by atoms with Gasteiger partial charge in [-0.1, -0.05) is 17.7 Å². The predicted octanol–water partition coefficient (Wildman–Crippen LogP) is 3.64. The molecule has 112 valence electrons. The monoisotopic (exact) mass is 286 g/mol. The zero-order chi connectivity index (χ0) is 15.6. The van der Waals surface area contributed by atoms with Crippen molar-refractivity contribution in [1.82, 2.24) is 5.32 Å². The van der Waals surface area contributed by atoms with E-state index in [1.165, 1.54) is 0 Å². The lowest BCUT2D eigenvalue weighted by atomic mass is 9.74. The van der Waals surface area contributed by atoms with Crippen LogP contribution in [-0.2, 0) is 4.74 Å².